The summed E-state index contributed by atoms with van der Waals surface area (Å²) in [5.41, 5.74) is 0. The lowest BCUT2D eigenvalue weighted by atomic mass is 9.91. The summed E-state index contributed by atoms with van der Waals surface area (Å²) < 4.78 is 63.0. The molecule has 0 saturated heterocycles. The minimum absolute atomic E-state index is 0.00533. The molecule has 0 radical (unpaired) electrons. The molecule has 0 aliphatic heterocycles. The highest BCUT2D eigenvalue weighted by Gasteiger charge is 2.58. The first-order chi connectivity index (χ1) is 17.5. The molecule has 0 aromatic heterocycles. The summed E-state index contributed by atoms with van der Waals surface area (Å²) in [7, 11) is 0. The van der Waals surface area contributed by atoms with Crippen molar-refractivity contribution in [1.29, 1.82) is 0 Å². The molecule has 0 fully saturated rings. The number of nitrogens with one attached hydrogen (secondary N) is 1. The molecular weight excluding hydrogens is 498 g/mol. The zero-order valence-corrected chi connectivity index (χ0v) is 25.2. The number of ether oxygens (including phenoxy) is 1. The van der Waals surface area contributed by atoms with Gasteiger partial charge in [0.05, 0.1) is 12.7 Å². The zero-order chi connectivity index (χ0) is 29.5. The number of hydrogen-bond donors (Lipinski definition) is 1. The van der Waals surface area contributed by atoms with Crippen LogP contribution in [0, 0.1) is 29.6 Å². The Hall–Kier alpha value is -1.18. The second-order valence-corrected chi connectivity index (χ2v) is 12.3. The van der Waals surface area contributed by atoms with Gasteiger partial charge in [-0.3, -0.25) is 9.59 Å². The normalized spacial score (nSPS) is 14.5. The monoisotopic (exact) mass is 553 g/mol. The van der Waals surface area contributed by atoms with E-state index in [4.69, 9.17) is 4.74 Å². The highest BCUT2D eigenvalue weighted by atomic mass is 19.3. The highest BCUT2D eigenvalue weighted by molar-refractivity contribution is 5.80. The Balaban J connectivity index is 4.84. The lowest BCUT2D eigenvalue weighted by Gasteiger charge is -2.34. The van der Waals surface area contributed by atoms with Crippen molar-refractivity contribution in [2.75, 3.05) is 13.2 Å². The van der Waals surface area contributed by atoms with E-state index < -0.39 is 36.2 Å². The summed E-state index contributed by atoms with van der Waals surface area (Å²) in [5.74, 6) is -10.2. The number of ketones is 1. The lowest BCUT2D eigenvalue weighted by molar-refractivity contribution is -0.246. The number of rotatable bonds is 22. The van der Waals surface area contributed by atoms with Gasteiger partial charge in [0.2, 0.25) is 5.91 Å². The van der Waals surface area contributed by atoms with Crippen LogP contribution in [0.25, 0.3) is 0 Å². The van der Waals surface area contributed by atoms with E-state index in [9.17, 15) is 27.2 Å². The van der Waals surface area contributed by atoms with Crippen LogP contribution in [0.4, 0.5) is 17.6 Å². The van der Waals surface area contributed by atoms with E-state index in [0.717, 1.165) is 39.0 Å². The summed E-state index contributed by atoms with van der Waals surface area (Å²) in [5, 5.41) is 2.92. The summed E-state index contributed by atoms with van der Waals surface area (Å²) in [4.78, 5) is 24.8. The molecular formula is C30H55F4NO3. The van der Waals surface area contributed by atoms with Crippen molar-refractivity contribution in [2.24, 2.45) is 29.6 Å². The van der Waals surface area contributed by atoms with Crippen LogP contribution in [0.1, 0.15) is 120 Å². The van der Waals surface area contributed by atoms with Gasteiger partial charge in [-0.05, 0) is 30.6 Å². The van der Waals surface area contributed by atoms with Crippen LogP contribution < -0.4 is 5.32 Å². The molecule has 0 saturated carbocycles. The fourth-order valence-corrected chi connectivity index (χ4v) is 4.18. The third-order valence-corrected chi connectivity index (χ3v) is 7.15. The fourth-order valence-electron chi connectivity index (χ4n) is 4.18. The van der Waals surface area contributed by atoms with Crippen molar-refractivity contribution < 1.29 is 31.9 Å². The van der Waals surface area contributed by atoms with Gasteiger partial charge >= 0.3 is 11.8 Å². The number of unbranched alkanes of at least 4 members (excludes halogenated alkanes) is 4. The first kappa shape index (κ1) is 36.8. The van der Waals surface area contributed by atoms with Crippen molar-refractivity contribution in [3.63, 3.8) is 0 Å². The van der Waals surface area contributed by atoms with Gasteiger partial charge in [0.1, 0.15) is 5.78 Å². The number of carbonyl (C=O) groups is 2. The van der Waals surface area contributed by atoms with Crippen LogP contribution in [-0.2, 0) is 14.3 Å². The summed E-state index contributed by atoms with van der Waals surface area (Å²) in [6, 6.07) is 0. The van der Waals surface area contributed by atoms with E-state index in [-0.39, 0.29) is 43.0 Å². The van der Waals surface area contributed by atoms with E-state index in [1.54, 1.807) is 27.7 Å². The molecule has 8 heteroatoms. The van der Waals surface area contributed by atoms with Gasteiger partial charge in [0.15, 0.2) is 0 Å². The SMILES string of the molecule is CC(C)CCCCCCCNC(=O)CCC(COC(CC(F)(F)C(F)(F)C(C)C)C(C)C)CC(=O)C(C)C. The van der Waals surface area contributed by atoms with Gasteiger partial charge in [-0.1, -0.05) is 87.5 Å². The molecule has 1 N–H and O–H groups in total. The van der Waals surface area contributed by atoms with Crippen LogP contribution in [0.3, 0.4) is 0 Å². The zero-order valence-electron chi connectivity index (χ0n) is 25.2. The highest BCUT2D eigenvalue weighted by Crippen LogP contribution is 2.44. The van der Waals surface area contributed by atoms with Crippen molar-refractivity contribution in [2.45, 2.75) is 138 Å². The smallest absolute Gasteiger partial charge is 0.312 e. The molecule has 0 rings (SSSR count). The number of alkyl halides is 4. The molecule has 0 spiro atoms. The molecule has 2 atom stereocenters. The molecule has 38 heavy (non-hydrogen) atoms. The molecule has 0 aromatic carbocycles. The van der Waals surface area contributed by atoms with Gasteiger partial charge in [0, 0.05) is 37.6 Å². The second kappa shape index (κ2) is 18.2. The Morgan fingerprint density at radius 2 is 1.39 bits per heavy atom. The Morgan fingerprint density at radius 1 is 0.816 bits per heavy atom. The predicted octanol–water partition coefficient (Wildman–Crippen LogP) is 8.47. The first-order valence-corrected chi connectivity index (χ1v) is 14.7. The van der Waals surface area contributed by atoms with E-state index in [2.05, 4.69) is 19.2 Å². The van der Waals surface area contributed by atoms with Crippen molar-refractivity contribution >= 4 is 11.7 Å². The number of carbonyl (C=O) groups excluding carboxylic acids is 2. The Kier molecular flexibility index (Phi) is 17.7. The Bertz CT molecular complexity index is 666. The van der Waals surface area contributed by atoms with Gasteiger partial charge in [-0.2, -0.15) is 17.6 Å². The third-order valence-electron chi connectivity index (χ3n) is 7.15. The average molecular weight is 554 g/mol. The minimum atomic E-state index is -4.21. The maximum absolute atomic E-state index is 14.5. The molecule has 0 aliphatic carbocycles. The van der Waals surface area contributed by atoms with Crippen molar-refractivity contribution in [3.05, 3.63) is 0 Å². The number of amides is 1. The minimum Gasteiger partial charge on any atom is -0.377 e. The molecule has 226 valence electrons. The van der Waals surface area contributed by atoms with Crippen LogP contribution >= 0.6 is 0 Å². The summed E-state index contributed by atoms with van der Waals surface area (Å²) in [6.45, 7) is 14.0. The Labute approximate surface area is 229 Å². The van der Waals surface area contributed by atoms with Crippen molar-refractivity contribution in [3.8, 4) is 0 Å². The third kappa shape index (κ3) is 14.8. The number of halogens is 4. The summed E-state index contributed by atoms with van der Waals surface area (Å²) in [6.07, 6.45) is 5.33. The topological polar surface area (TPSA) is 55.4 Å². The van der Waals surface area contributed by atoms with E-state index in [0.29, 0.717) is 13.0 Å². The van der Waals surface area contributed by atoms with E-state index in [1.807, 2.05) is 0 Å². The maximum Gasteiger partial charge on any atom is 0.312 e. The Morgan fingerprint density at radius 3 is 1.92 bits per heavy atom. The largest absolute Gasteiger partial charge is 0.377 e. The molecule has 0 bridgehead atoms. The van der Waals surface area contributed by atoms with Gasteiger partial charge in [-0.25, -0.2) is 0 Å². The van der Waals surface area contributed by atoms with Crippen LogP contribution in [-0.4, -0.2) is 42.8 Å². The molecule has 2 unspecified atom stereocenters. The lowest BCUT2D eigenvalue weighted by Crippen LogP contribution is -2.47. The van der Waals surface area contributed by atoms with Gasteiger partial charge < -0.3 is 10.1 Å². The first-order valence-electron chi connectivity index (χ1n) is 14.7. The quantitative estimate of drug-likeness (QED) is 0.108. The molecule has 1 amide bonds. The number of Topliss-reactive ketones (excluding diaryl/α,β-unsaturated/α-hetero) is 1. The van der Waals surface area contributed by atoms with E-state index >= 15 is 0 Å². The van der Waals surface area contributed by atoms with Gasteiger partial charge in [-0.15, -0.1) is 0 Å². The van der Waals surface area contributed by atoms with Gasteiger partial charge in [0.25, 0.3) is 0 Å². The molecule has 0 aliphatic rings. The number of hydrogen-bond acceptors (Lipinski definition) is 3. The van der Waals surface area contributed by atoms with Crippen molar-refractivity contribution in [1.82, 2.24) is 5.32 Å². The molecule has 0 aromatic rings. The molecule has 4 nitrogen and oxygen atoms in total. The predicted molar refractivity (Wildman–Crippen MR) is 147 cm³/mol. The average Bonchev–Trinajstić information content (AvgIpc) is 2.80. The van der Waals surface area contributed by atoms with E-state index in [1.165, 1.54) is 19.3 Å². The molecule has 0 heterocycles. The standard InChI is InChI=1S/C30H55F4NO3/c1-21(2)14-12-10-9-11-13-17-35-28(37)16-15-25(18-26(36)22(3)4)20-38-27(23(5)6)19-29(31,32)30(33,34)24(7)8/h21-25,27H,9-20H2,1-8H3,(H,35,37). The fraction of sp³-hybridized carbons (Fsp3) is 0.933. The maximum atomic E-state index is 14.5. The second-order valence-electron chi connectivity index (χ2n) is 12.3. The van der Waals surface area contributed by atoms with Crippen LogP contribution in [0.5, 0.6) is 0 Å². The summed E-state index contributed by atoms with van der Waals surface area (Å²) >= 11 is 0. The van der Waals surface area contributed by atoms with Crippen LogP contribution in [0.15, 0.2) is 0 Å². The van der Waals surface area contributed by atoms with Crippen LogP contribution in [0.2, 0.25) is 0 Å².